The number of esters is 1. The molecule has 0 fully saturated rings. The van der Waals surface area contributed by atoms with Crippen molar-refractivity contribution in [2.24, 2.45) is 0 Å². The van der Waals surface area contributed by atoms with Gasteiger partial charge in [0.2, 0.25) is 0 Å². The maximum Gasteiger partial charge on any atom is 0.319 e. The van der Waals surface area contributed by atoms with Crippen molar-refractivity contribution < 1.29 is 19.1 Å². The maximum absolute atomic E-state index is 12.2. The highest BCUT2D eigenvalue weighted by molar-refractivity contribution is 8.00. The molecule has 2 aromatic carbocycles. The molecule has 0 bridgehead atoms. The first-order valence-electron chi connectivity index (χ1n) is 7.87. The number of anilines is 1. The summed E-state index contributed by atoms with van der Waals surface area (Å²) < 4.78 is 10.5. The summed E-state index contributed by atoms with van der Waals surface area (Å²) >= 11 is 1.39. The van der Waals surface area contributed by atoms with E-state index < -0.39 is 23.2 Å². The largest absolute Gasteiger partial charge is 0.495 e. The van der Waals surface area contributed by atoms with Gasteiger partial charge in [-0.3, -0.25) is 9.59 Å². The summed E-state index contributed by atoms with van der Waals surface area (Å²) in [5, 5.41) is 2.29. The highest BCUT2D eigenvalue weighted by Crippen LogP contribution is 2.25. The lowest BCUT2D eigenvalue weighted by molar-refractivity contribution is -0.152. The van der Waals surface area contributed by atoms with E-state index in [1.807, 2.05) is 30.3 Å². The summed E-state index contributed by atoms with van der Waals surface area (Å²) in [6, 6.07) is 16.6. The van der Waals surface area contributed by atoms with Crippen LogP contribution in [-0.4, -0.2) is 30.3 Å². The molecule has 0 aromatic heterocycles. The molecule has 2 atom stereocenters. The van der Waals surface area contributed by atoms with E-state index in [2.05, 4.69) is 5.32 Å². The molecule has 5 nitrogen and oxygen atoms in total. The minimum atomic E-state index is -0.906. The summed E-state index contributed by atoms with van der Waals surface area (Å²) in [4.78, 5) is 25.4. The molecule has 0 radical (unpaired) electrons. The fraction of sp³-hybridized carbons (Fsp3) is 0.263. The number of nitrogens with one attached hydrogen (secondary N) is 1. The number of amides is 1. The van der Waals surface area contributed by atoms with Crippen LogP contribution in [0.25, 0.3) is 0 Å². The minimum Gasteiger partial charge on any atom is -0.495 e. The van der Waals surface area contributed by atoms with E-state index in [1.54, 1.807) is 38.1 Å². The van der Waals surface area contributed by atoms with Crippen LogP contribution in [0.15, 0.2) is 59.5 Å². The highest BCUT2D eigenvalue weighted by Gasteiger charge is 2.23. The number of rotatable bonds is 7. The van der Waals surface area contributed by atoms with E-state index in [-0.39, 0.29) is 0 Å². The molecule has 132 valence electrons. The molecule has 2 aromatic rings. The zero-order valence-corrected chi connectivity index (χ0v) is 15.2. The van der Waals surface area contributed by atoms with Crippen molar-refractivity contribution in [1.29, 1.82) is 0 Å². The van der Waals surface area contributed by atoms with Gasteiger partial charge >= 0.3 is 5.97 Å². The fourth-order valence-corrected chi connectivity index (χ4v) is 2.93. The Labute approximate surface area is 151 Å². The fourth-order valence-electron chi connectivity index (χ4n) is 2.06. The van der Waals surface area contributed by atoms with Gasteiger partial charge in [0.05, 0.1) is 12.8 Å². The van der Waals surface area contributed by atoms with Gasteiger partial charge in [0, 0.05) is 4.90 Å². The first-order chi connectivity index (χ1) is 12.0. The third-order valence-corrected chi connectivity index (χ3v) is 4.51. The zero-order valence-electron chi connectivity index (χ0n) is 14.4. The quantitative estimate of drug-likeness (QED) is 0.602. The van der Waals surface area contributed by atoms with Crippen LogP contribution in [0.3, 0.4) is 0 Å². The Morgan fingerprint density at radius 2 is 1.64 bits per heavy atom. The number of para-hydroxylation sites is 2. The molecule has 0 aliphatic heterocycles. The predicted molar refractivity (Wildman–Crippen MR) is 98.9 cm³/mol. The van der Waals surface area contributed by atoms with Crippen LogP contribution < -0.4 is 10.1 Å². The molecule has 1 amide bonds. The Kier molecular flexibility index (Phi) is 6.89. The topological polar surface area (TPSA) is 64.6 Å². The molecule has 0 saturated carbocycles. The van der Waals surface area contributed by atoms with Gasteiger partial charge in [0.15, 0.2) is 6.10 Å². The zero-order chi connectivity index (χ0) is 18.2. The smallest absolute Gasteiger partial charge is 0.319 e. The molecule has 6 heteroatoms. The minimum absolute atomic E-state index is 0.408. The molecule has 1 N–H and O–H groups in total. The van der Waals surface area contributed by atoms with Gasteiger partial charge in [-0.15, -0.1) is 11.8 Å². The van der Waals surface area contributed by atoms with Gasteiger partial charge in [0.1, 0.15) is 11.0 Å². The van der Waals surface area contributed by atoms with Crippen molar-refractivity contribution in [2.75, 3.05) is 12.4 Å². The van der Waals surface area contributed by atoms with Crippen LogP contribution in [-0.2, 0) is 14.3 Å². The molecule has 0 saturated heterocycles. The average Bonchev–Trinajstić information content (AvgIpc) is 2.62. The number of hydrogen-bond acceptors (Lipinski definition) is 5. The van der Waals surface area contributed by atoms with Crippen LogP contribution in [0.2, 0.25) is 0 Å². The molecule has 0 unspecified atom stereocenters. The number of methoxy groups -OCH3 is 1. The molecule has 2 rings (SSSR count). The van der Waals surface area contributed by atoms with Crippen molar-refractivity contribution in [3.63, 3.8) is 0 Å². The normalized spacial score (nSPS) is 12.8. The lowest BCUT2D eigenvalue weighted by Gasteiger charge is -2.17. The first-order valence-corrected chi connectivity index (χ1v) is 8.75. The van der Waals surface area contributed by atoms with E-state index in [4.69, 9.17) is 9.47 Å². The first kappa shape index (κ1) is 18.9. The van der Waals surface area contributed by atoms with Gasteiger partial charge in [-0.05, 0) is 38.1 Å². The van der Waals surface area contributed by atoms with E-state index in [9.17, 15) is 9.59 Å². The van der Waals surface area contributed by atoms with Crippen LogP contribution in [0.4, 0.5) is 5.69 Å². The summed E-state index contributed by atoms with van der Waals surface area (Å²) in [7, 11) is 1.52. The number of benzene rings is 2. The van der Waals surface area contributed by atoms with E-state index >= 15 is 0 Å². The van der Waals surface area contributed by atoms with Crippen molar-refractivity contribution >= 4 is 29.3 Å². The van der Waals surface area contributed by atoms with Crippen LogP contribution in [0.1, 0.15) is 13.8 Å². The second-order valence-electron chi connectivity index (χ2n) is 5.34. The van der Waals surface area contributed by atoms with Gasteiger partial charge in [0.25, 0.3) is 5.91 Å². The summed E-state index contributed by atoms with van der Waals surface area (Å²) in [6.45, 7) is 3.30. The van der Waals surface area contributed by atoms with Crippen LogP contribution >= 0.6 is 11.8 Å². The average molecular weight is 359 g/mol. The van der Waals surface area contributed by atoms with Gasteiger partial charge in [-0.25, -0.2) is 0 Å². The SMILES string of the molecule is COc1ccccc1NC(=O)[C@H](C)OC(=O)[C@@H](C)Sc1ccccc1. The van der Waals surface area contributed by atoms with Gasteiger partial charge < -0.3 is 14.8 Å². The number of carbonyl (C=O) groups is 2. The Morgan fingerprint density at radius 1 is 1.00 bits per heavy atom. The van der Waals surface area contributed by atoms with Gasteiger partial charge in [-0.2, -0.15) is 0 Å². The van der Waals surface area contributed by atoms with Crippen molar-refractivity contribution in [1.82, 2.24) is 0 Å². The Morgan fingerprint density at radius 3 is 2.32 bits per heavy atom. The number of thioether (sulfide) groups is 1. The molecule has 0 heterocycles. The molecule has 25 heavy (non-hydrogen) atoms. The van der Waals surface area contributed by atoms with Crippen LogP contribution in [0, 0.1) is 0 Å². The molecule has 0 aliphatic rings. The number of carbonyl (C=O) groups excluding carboxylic acids is 2. The summed E-state index contributed by atoms with van der Waals surface area (Å²) in [5.74, 6) is -0.298. The Balaban J connectivity index is 1.90. The summed E-state index contributed by atoms with van der Waals surface area (Å²) in [5.41, 5.74) is 0.532. The second kappa shape index (κ2) is 9.13. The predicted octanol–water partition coefficient (Wildman–Crippen LogP) is 3.75. The highest BCUT2D eigenvalue weighted by atomic mass is 32.2. The van der Waals surface area contributed by atoms with Crippen molar-refractivity contribution in [3.05, 3.63) is 54.6 Å². The van der Waals surface area contributed by atoms with E-state index in [0.717, 1.165) is 4.90 Å². The van der Waals surface area contributed by atoms with Crippen LogP contribution in [0.5, 0.6) is 5.75 Å². The van der Waals surface area contributed by atoms with E-state index in [1.165, 1.54) is 18.9 Å². The monoisotopic (exact) mass is 359 g/mol. The van der Waals surface area contributed by atoms with Crippen molar-refractivity contribution in [3.8, 4) is 5.75 Å². The molecular formula is C19H21NO4S. The standard InChI is InChI=1S/C19H21NO4S/c1-13(18(21)20-16-11-7-8-12-17(16)23-3)24-19(22)14(2)25-15-9-5-4-6-10-15/h4-14H,1-3H3,(H,20,21)/t13-,14+/m0/s1. The summed E-state index contributed by atoms with van der Waals surface area (Å²) in [6.07, 6.45) is -0.906. The Bertz CT molecular complexity index is 720. The molecule has 0 aliphatic carbocycles. The lowest BCUT2D eigenvalue weighted by Crippen LogP contribution is -2.32. The Hall–Kier alpha value is -2.47. The van der Waals surface area contributed by atoms with E-state index in [0.29, 0.717) is 11.4 Å². The number of hydrogen-bond donors (Lipinski definition) is 1. The lowest BCUT2D eigenvalue weighted by atomic mass is 10.2. The molecular weight excluding hydrogens is 338 g/mol. The maximum atomic E-state index is 12.2. The van der Waals surface area contributed by atoms with Crippen molar-refractivity contribution in [2.45, 2.75) is 30.1 Å². The molecule has 0 spiro atoms. The third-order valence-electron chi connectivity index (χ3n) is 3.41. The second-order valence-corrected chi connectivity index (χ2v) is 6.76. The number of ether oxygens (including phenoxy) is 2. The third kappa shape index (κ3) is 5.53. The van der Waals surface area contributed by atoms with Gasteiger partial charge in [-0.1, -0.05) is 30.3 Å².